The van der Waals surface area contributed by atoms with Gasteiger partial charge < -0.3 is 16.0 Å². The lowest BCUT2D eigenvalue weighted by atomic mass is 10.3. The Bertz CT molecular complexity index is 469. The van der Waals surface area contributed by atoms with Gasteiger partial charge in [-0.1, -0.05) is 12.1 Å². The monoisotopic (exact) mass is 317 g/mol. The maximum Gasteiger partial charge on any atom is 0.244 e. The summed E-state index contributed by atoms with van der Waals surface area (Å²) >= 11 is 1.55. The zero-order valence-electron chi connectivity index (χ0n) is 11.8. The van der Waals surface area contributed by atoms with Crippen LogP contribution in [0.4, 0.5) is 5.69 Å². The number of benzene rings is 1. The maximum atomic E-state index is 11.9. The highest BCUT2D eigenvalue weighted by Crippen LogP contribution is 2.24. The van der Waals surface area contributed by atoms with E-state index >= 15 is 0 Å². The molecule has 0 saturated heterocycles. The molecule has 0 bridgehead atoms. The van der Waals surface area contributed by atoms with Gasteiger partial charge in [-0.25, -0.2) is 0 Å². The van der Waals surface area contributed by atoms with Crippen LogP contribution < -0.4 is 11.1 Å². The van der Waals surface area contributed by atoms with E-state index in [0.717, 1.165) is 10.6 Å². The van der Waals surface area contributed by atoms with Crippen molar-refractivity contribution < 1.29 is 9.59 Å². The van der Waals surface area contributed by atoms with Gasteiger partial charge in [0.25, 0.3) is 0 Å². The van der Waals surface area contributed by atoms with E-state index < -0.39 is 6.04 Å². The van der Waals surface area contributed by atoms with Crippen LogP contribution in [0.3, 0.4) is 0 Å². The maximum absolute atomic E-state index is 11.9. The molecule has 0 aliphatic heterocycles. The molecule has 0 radical (unpaired) electrons. The molecule has 112 valence electrons. The van der Waals surface area contributed by atoms with Gasteiger partial charge in [0, 0.05) is 11.9 Å². The third-order valence-corrected chi connectivity index (χ3v) is 3.32. The molecule has 0 fully saturated rings. The third kappa shape index (κ3) is 5.40. The molecule has 0 aliphatic carbocycles. The summed E-state index contributed by atoms with van der Waals surface area (Å²) < 4.78 is 0. The molecule has 20 heavy (non-hydrogen) atoms. The number of likely N-dealkylation sites (N-methyl/N-ethyl adjacent to an activating group) is 1. The number of nitrogens with two attached hydrogens (primary N) is 1. The first-order valence-electron chi connectivity index (χ1n) is 5.89. The van der Waals surface area contributed by atoms with Crippen molar-refractivity contribution in [2.75, 3.05) is 25.2 Å². The van der Waals surface area contributed by atoms with Crippen molar-refractivity contribution in [3.63, 3.8) is 0 Å². The minimum Gasteiger partial charge on any atom is -0.335 e. The van der Waals surface area contributed by atoms with E-state index in [1.54, 1.807) is 25.7 Å². The van der Waals surface area contributed by atoms with Crippen LogP contribution >= 0.6 is 24.2 Å². The summed E-state index contributed by atoms with van der Waals surface area (Å²) in [5.41, 5.74) is 6.24. The smallest absolute Gasteiger partial charge is 0.244 e. The lowest BCUT2D eigenvalue weighted by Gasteiger charge is -2.19. The largest absolute Gasteiger partial charge is 0.335 e. The van der Waals surface area contributed by atoms with Crippen LogP contribution in [-0.2, 0) is 9.59 Å². The minimum atomic E-state index is -0.601. The molecule has 1 atom stereocenters. The van der Waals surface area contributed by atoms with Crippen molar-refractivity contribution in [2.24, 2.45) is 5.73 Å². The third-order valence-electron chi connectivity index (χ3n) is 2.53. The van der Waals surface area contributed by atoms with Crippen molar-refractivity contribution >= 4 is 41.7 Å². The van der Waals surface area contributed by atoms with Crippen LogP contribution in [0.15, 0.2) is 29.2 Å². The Morgan fingerprint density at radius 3 is 2.55 bits per heavy atom. The summed E-state index contributed by atoms with van der Waals surface area (Å²) in [6.45, 7) is 1.59. The molecule has 1 unspecified atom stereocenters. The zero-order valence-corrected chi connectivity index (χ0v) is 13.4. The average Bonchev–Trinajstić information content (AvgIpc) is 2.38. The number of rotatable bonds is 5. The highest BCUT2D eigenvalue weighted by Gasteiger charge is 2.16. The summed E-state index contributed by atoms with van der Waals surface area (Å²) in [6, 6.07) is 6.92. The van der Waals surface area contributed by atoms with E-state index in [-0.39, 0.29) is 30.8 Å². The fraction of sp³-hybridized carbons (Fsp3) is 0.385. The predicted molar refractivity (Wildman–Crippen MR) is 85.4 cm³/mol. The molecule has 1 rings (SSSR count). The molecule has 0 aliphatic rings. The van der Waals surface area contributed by atoms with E-state index in [4.69, 9.17) is 5.73 Å². The number of nitrogens with one attached hydrogen (secondary N) is 1. The minimum absolute atomic E-state index is 0. The molecule has 1 aromatic rings. The summed E-state index contributed by atoms with van der Waals surface area (Å²) in [4.78, 5) is 25.7. The van der Waals surface area contributed by atoms with Crippen molar-refractivity contribution in [3.05, 3.63) is 24.3 Å². The van der Waals surface area contributed by atoms with Gasteiger partial charge in [-0.15, -0.1) is 24.2 Å². The van der Waals surface area contributed by atoms with Crippen LogP contribution in [0, 0.1) is 0 Å². The van der Waals surface area contributed by atoms with Crippen LogP contribution in [0.2, 0.25) is 0 Å². The first-order chi connectivity index (χ1) is 8.95. The fourth-order valence-corrected chi connectivity index (χ4v) is 2.13. The number of amides is 2. The van der Waals surface area contributed by atoms with Crippen LogP contribution in [-0.4, -0.2) is 42.6 Å². The van der Waals surface area contributed by atoms with E-state index in [2.05, 4.69) is 5.32 Å². The van der Waals surface area contributed by atoms with Gasteiger partial charge in [0.2, 0.25) is 11.8 Å². The van der Waals surface area contributed by atoms with Crippen molar-refractivity contribution in [3.8, 4) is 0 Å². The van der Waals surface area contributed by atoms with Gasteiger partial charge in [0.1, 0.15) is 0 Å². The highest BCUT2D eigenvalue weighted by molar-refractivity contribution is 7.98. The first-order valence-corrected chi connectivity index (χ1v) is 7.11. The van der Waals surface area contributed by atoms with Crippen molar-refractivity contribution in [2.45, 2.75) is 17.9 Å². The molecule has 3 N–H and O–H groups in total. The zero-order chi connectivity index (χ0) is 14.4. The molecule has 0 aromatic heterocycles. The number of hydrogen-bond donors (Lipinski definition) is 2. The van der Waals surface area contributed by atoms with Gasteiger partial charge in [-0.2, -0.15) is 0 Å². The Morgan fingerprint density at radius 1 is 1.40 bits per heavy atom. The number of nitrogens with zero attached hydrogens (tertiary/aromatic N) is 1. The van der Waals surface area contributed by atoms with E-state index in [1.807, 2.05) is 30.5 Å². The van der Waals surface area contributed by atoms with E-state index in [0.29, 0.717) is 0 Å². The second-order valence-electron chi connectivity index (χ2n) is 4.23. The Labute approximate surface area is 129 Å². The lowest BCUT2D eigenvalue weighted by Crippen LogP contribution is -2.43. The Kier molecular flexibility index (Phi) is 8.29. The predicted octanol–water partition coefficient (Wildman–Crippen LogP) is 1.57. The summed E-state index contributed by atoms with van der Waals surface area (Å²) in [5.74, 6) is -0.494. The second-order valence-corrected chi connectivity index (χ2v) is 5.08. The van der Waals surface area contributed by atoms with Gasteiger partial charge in [-0.3, -0.25) is 9.59 Å². The van der Waals surface area contributed by atoms with Gasteiger partial charge in [0.05, 0.1) is 18.3 Å². The van der Waals surface area contributed by atoms with Gasteiger partial charge in [0.15, 0.2) is 0 Å². The quantitative estimate of drug-likeness (QED) is 0.808. The number of halogens is 1. The van der Waals surface area contributed by atoms with Gasteiger partial charge in [-0.05, 0) is 25.3 Å². The molecule has 7 heteroatoms. The first kappa shape index (κ1) is 18.8. The number of para-hydroxylation sites is 1. The molecule has 2 amide bonds. The topological polar surface area (TPSA) is 75.4 Å². The molecule has 5 nitrogen and oxygen atoms in total. The molecular formula is C13H20ClN3O2S. The Balaban J connectivity index is 0.00000361. The van der Waals surface area contributed by atoms with Crippen molar-refractivity contribution in [1.29, 1.82) is 0 Å². The standard InChI is InChI=1S/C13H19N3O2S.ClH/c1-9(14)13(18)16(2)8-12(17)15-10-6-4-5-7-11(10)19-3;/h4-7,9H,8,14H2,1-3H3,(H,15,17);1H. The Hall–Kier alpha value is -1.24. The van der Waals surface area contributed by atoms with Crippen LogP contribution in [0.25, 0.3) is 0 Å². The normalized spacial score (nSPS) is 11.2. The molecule has 0 heterocycles. The summed E-state index contributed by atoms with van der Waals surface area (Å²) in [6.07, 6.45) is 1.94. The van der Waals surface area contributed by atoms with Crippen molar-refractivity contribution in [1.82, 2.24) is 4.90 Å². The highest BCUT2D eigenvalue weighted by atomic mass is 35.5. The molecule has 0 saturated carbocycles. The molecule has 1 aromatic carbocycles. The number of carbonyl (C=O) groups is 2. The molecule has 0 spiro atoms. The number of anilines is 1. The number of hydrogen-bond acceptors (Lipinski definition) is 4. The number of thioether (sulfide) groups is 1. The Morgan fingerprint density at radius 2 is 2.00 bits per heavy atom. The average molecular weight is 318 g/mol. The van der Waals surface area contributed by atoms with Crippen LogP contribution in [0.5, 0.6) is 0 Å². The van der Waals surface area contributed by atoms with Crippen LogP contribution in [0.1, 0.15) is 6.92 Å². The fourth-order valence-electron chi connectivity index (χ4n) is 1.58. The number of carbonyl (C=O) groups excluding carboxylic acids is 2. The summed E-state index contributed by atoms with van der Waals surface area (Å²) in [5, 5.41) is 2.79. The van der Waals surface area contributed by atoms with Gasteiger partial charge >= 0.3 is 0 Å². The lowest BCUT2D eigenvalue weighted by molar-refractivity contribution is -0.134. The summed E-state index contributed by atoms with van der Waals surface area (Å²) in [7, 11) is 1.56. The van der Waals surface area contributed by atoms with E-state index in [9.17, 15) is 9.59 Å². The van der Waals surface area contributed by atoms with E-state index in [1.165, 1.54) is 4.90 Å². The SMILES string of the molecule is CSc1ccccc1NC(=O)CN(C)C(=O)C(C)N.Cl. The molecular weight excluding hydrogens is 298 g/mol. The second kappa shape index (κ2) is 8.84.